The lowest BCUT2D eigenvalue weighted by atomic mass is 9.95. The van der Waals surface area contributed by atoms with Crippen molar-refractivity contribution < 1.29 is 9.53 Å². The van der Waals surface area contributed by atoms with E-state index in [9.17, 15) is 9.59 Å². The van der Waals surface area contributed by atoms with Gasteiger partial charge in [0.15, 0.2) is 0 Å². The topological polar surface area (TPSA) is 95.5 Å². The van der Waals surface area contributed by atoms with Gasteiger partial charge in [0.05, 0.1) is 5.52 Å². The third-order valence-electron chi connectivity index (χ3n) is 9.54. The van der Waals surface area contributed by atoms with Gasteiger partial charge in [0, 0.05) is 92.6 Å². The van der Waals surface area contributed by atoms with Gasteiger partial charge < -0.3 is 29.4 Å². The smallest absolute Gasteiger partial charge is 0.253 e. The second-order valence-electron chi connectivity index (χ2n) is 12.8. The molecule has 0 radical (unpaired) electrons. The first-order chi connectivity index (χ1) is 21.8. The number of nitrogens with one attached hydrogen (secondary N) is 2. The molecule has 2 saturated heterocycles. The van der Waals surface area contributed by atoms with E-state index < -0.39 is 0 Å². The lowest BCUT2D eigenvalue weighted by Gasteiger charge is -2.33. The molecule has 2 aliphatic heterocycles. The number of rotatable bonds is 9. The van der Waals surface area contributed by atoms with Gasteiger partial charge in [0.1, 0.15) is 5.82 Å². The van der Waals surface area contributed by atoms with Crippen molar-refractivity contribution in [1.29, 1.82) is 0 Å². The number of anilines is 1. The summed E-state index contributed by atoms with van der Waals surface area (Å²) in [5.74, 6) is 1.33. The number of aryl methyl sites for hydroxylation is 3. The number of piperazine rings is 1. The maximum Gasteiger partial charge on any atom is 0.253 e. The number of fused-ring (bicyclic) bond motifs is 1. The zero-order chi connectivity index (χ0) is 31.5. The summed E-state index contributed by atoms with van der Waals surface area (Å²) in [7, 11) is 2.15. The number of aromatic amines is 1. The minimum Gasteiger partial charge on any atom is -0.381 e. The highest BCUT2D eigenvalue weighted by Crippen LogP contribution is 2.35. The van der Waals surface area contributed by atoms with E-state index in [1.807, 2.05) is 32.2 Å². The average molecular weight is 611 g/mol. The molecule has 0 unspecified atom stereocenters. The van der Waals surface area contributed by atoms with E-state index >= 15 is 0 Å². The third kappa shape index (κ3) is 6.70. The van der Waals surface area contributed by atoms with E-state index in [-0.39, 0.29) is 18.0 Å². The molecule has 0 atom stereocenters. The standard InChI is InChI=1S/C36H46N6O3/c1-5-6-27-19-24(2)39-36(44)32(27)22-38-35(43)30-20-31(28-7-8-33(37-21-28)41-15-13-40(4)14-16-41)29-9-12-42(34(29)25(30)3)23-26-10-17-45-18-11-26/h7-9,12,19-21,26H,5-6,10-11,13-18,22-23H2,1-4H3,(H,38,43)(H,39,44). The molecule has 9 heteroatoms. The number of amides is 1. The van der Waals surface area contributed by atoms with Gasteiger partial charge in [-0.3, -0.25) is 9.59 Å². The van der Waals surface area contributed by atoms with Gasteiger partial charge in [-0.05, 0) is 93.1 Å². The van der Waals surface area contributed by atoms with Crippen LogP contribution in [0.4, 0.5) is 5.82 Å². The van der Waals surface area contributed by atoms with Crippen molar-refractivity contribution >= 4 is 22.6 Å². The van der Waals surface area contributed by atoms with E-state index in [1.165, 1.54) is 0 Å². The van der Waals surface area contributed by atoms with E-state index in [1.54, 1.807) is 0 Å². The van der Waals surface area contributed by atoms with Crippen molar-refractivity contribution in [2.24, 2.45) is 5.92 Å². The van der Waals surface area contributed by atoms with Crippen LogP contribution in [0.1, 0.15) is 58.9 Å². The number of carbonyl (C=O) groups excluding carboxylic acids is 1. The average Bonchev–Trinajstić information content (AvgIpc) is 3.46. The van der Waals surface area contributed by atoms with E-state index in [0.29, 0.717) is 17.0 Å². The molecule has 2 aliphatic rings. The molecule has 238 valence electrons. The first-order valence-electron chi connectivity index (χ1n) is 16.4. The van der Waals surface area contributed by atoms with E-state index in [2.05, 4.69) is 63.0 Å². The molecule has 2 N–H and O–H groups in total. The number of benzene rings is 1. The Bertz CT molecular complexity index is 1710. The summed E-state index contributed by atoms with van der Waals surface area (Å²) >= 11 is 0. The highest BCUT2D eigenvalue weighted by atomic mass is 16.5. The SMILES string of the molecule is CCCc1cc(C)[nH]c(=O)c1CNC(=O)c1cc(-c2ccc(N3CCN(C)CC3)nc2)c2ccn(CC3CCOCC3)c2c1C. The minimum absolute atomic E-state index is 0.136. The van der Waals surface area contributed by atoms with Crippen molar-refractivity contribution in [3.8, 4) is 11.1 Å². The molecule has 3 aromatic heterocycles. The van der Waals surface area contributed by atoms with Crippen LogP contribution in [0.15, 0.2) is 47.5 Å². The summed E-state index contributed by atoms with van der Waals surface area (Å²) < 4.78 is 7.94. The number of nitrogens with zero attached hydrogens (tertiary/aromatic N) is 4. The summed E-state index contributed by atoms with van der Waals surface area (Å²) in [5, 5.41) is 4.21. The summed E-state index contributed by atoms with van der Waals surface area (Å²) in [6, 6.07) is 10.4. The van der Waals surface area contributed by atoms with Crippen molar-refractivity contribution in [2.45, 2.75) is 59.5 Å². The predicted molar refractivity (Wildman–Crippen MR) is 180 cm³/mol. The van der Waals surface area contributed by atoms with Gasteiger partial charge in [-0.1, -0.05) is 13.3 Å². The van der Waals surface area contributed by atoms with Crippen LogP contribution in [0.25, 0.3) is 22.0 Å². The molecule has 0 aliphatic carbocycles. The lowest BCUT2D eigenvalue weighted by molar-refractivity contribution is 0.0616. The molecule has 1 aromatic carbocycles. The molecule has 4 aromatic rings. The number of H-pyrrole nitrogens is 1. The zero-order valence-electron chi connectivity index (χ0n) is 27.1. The number of pyridine rings is 2. The van der Waals surface area contributed by atoms with Gasteiger partial charge >= 0.3 is 0 Å². The summed E-state index contributed by atoms with van der Waals surface area (Å²) in [5.41, 5.74) is 6.92. The number of likely N-dealkylation sites (N-methyl/N-ethyl adjacent to an activating group) is 1. The summed E-state index contributed by atoms with van der Waals surface area (Å²) in [4.78, 5) is 39.3. The molecule has 6 rings (SSSR count). The van der Waals surface area contributed by atoms with Crippen LogP contribution in [0.3, 0.4) is 0 Å². The van der Waals surface area contributed by atoms with Gasteiger partial charge in [0.2, 0.25) is 0 Å². The molecule has 1 amide bonds. The Balaban J connectivity index is 1.36. The predicted octanol–water partition coefficient (Wildman–Crippen LogP) is 5.07. The summed E-state index contributed by atoms with van der Waals surface area (Å²) in [6.07, 6.45) is 7.89. The fourth-order valence-corrected chi connectivity index (χ4v) is 6.90. The van der Waals surface area contributed by atoms with Gasteiger partial charge in [-0.2, -0.15) is 0 Å². The molecular formula is C36H46N6O3. The van der Waals surface area contributed by atoms with Crippen molar-refractivity contribution in [3.05, 3.63) is 81.0 Å². The molecule has 0 saturated carbocycles. The molecular weight excluding hydrogens is 564 g/mol. The Kier molecular flexibility index (Phi) is 9.37. The molecule has 9 nitrogen and oxygen atoms in total. The van der Waals surface area contributed by atoms with Crippen LogP contribution in [0, 0.1) is 19.8 Å². The van der Waals surface area contributed by atoms with Crippen LogP contribution in [-0.2, 0) is 24.2 Å². The summed E-state index contributed by atoms with van der Waals surface area (Å²) in [6.45, 7) is 12.7. The van der Waals surface area contributed by atoms with Crippen LogP contribution in [0.5, 0.6) is 0 Å². The molecule has 45 heavy (non-hydrogen) atoms. The fourth-order valence-electron chi connectivity index (χ4n) is 6.90. The Labute approximate surface area is 265 Å². The van der Waals surface area contributed by atoms with Crippen LogP contribution in [0.2, 0.25) is 0 Å². The Morgan fingerprint density at radius 2 is 1.87 bits per heavy atom. The van der Waals surface area contributed by atoms with E-state index in [0.717, 1.165) is 116 Å². The van der Waals surface area contributed by atoms with Crippen LogP contribution >= 0.6 is 0 Å². The first-order valence-corrected chi connectivity index (χ1v) is 16.4. The molecule has 0 bridgehead atoms. The molecule has 0 spiro atoms. The van der Waals surface area contributed by atoms with Crippen LogP contribution in [-0.4, -0.2) is 71.8 Å². The molecule has 2 fully saturated rings. The zero-order valence-corrected chi connectivity index (χ0v) is 27.1. The normalized spacial score (nSPS) is 16.4. The van der Waals surface area contributed by atoms with Gasteiger partial charge in [0.25, 0.3) is 11.5 Å². The number of aromatic nitrogens is 3. The van der Waals surface area contributed by atoms with Crippen molar-refractivity contribution in [1.82, 2.24) is 24.8 Å². The lowest BCUT2D eigenvalue weighted by Crippen LogP contribution is -2.44. The Morgan fingerprint density at radius 1 is 1.09 bits per heavy atom. The fraction of sp³-hybridized carbons (Fsp3) is 0.472. The largest absolute Gasteiger partial charge is 0.381 e. The number of hydrogen-bond donors (Lipinski definition) is 2. The third-order valence-corrected chi connectivity index (χ3v) is 9.54. The maximum atomic E-state index is 13.9. The molecule has 5 heterocycles. The number of ether oxygens (including phenoxy) is 1. The quantitative estimate of drug-likeness (QED) is 0.275. The minimum atomic E-state index is -0.182. The van der Waals surface area contributed by atoms with E-state index in [4.69, 9.17) is 9.72 Å². The first kappa shape index (κ1) is 31.0. The maximum absolute atomic E-state index is 13.9. The number of carbonyl (C=O) groups is 1. The monoisotopic (exact) mass is 610 g/mol. The van der Waals surface area contributed by atoms with Crippen molar-refractivity contribution in [2.75, 3.05) is 51.3 Å². The second-order valence-corrected chi connectivity index (χ2v) is 12.8. The Morgan fingerprint density at radius 3 is 2.58 bits per heavy atom. The van der Waals surface area contributed by atoms with Crippen molar-refractivity contribution in [3.63, 3.8) is 0 Å². The number of hydrogen-bond acceptors (Lipinski definition) is 6. The Hall–Kier alpha value is -3.95. The highest BCUT2D eigenvalue weighted by Gasteiger charge is 2.22. The van der Waals surface area contributed by atoms with Gasteiger partial charge in [-0.25, -0.2) is 4.98 Å². The van der Waals surface area contributed by atoms with Crippen LogP contribution < -0.4 is 15.8 Å². The second kappa shape index (κ2) is 13.6. The highest BCUT2D eigenvalue weighted by molar-refractivity contribution is 6.06. The van der Waals surface area contributed by atoms with Gasteiger partial charge in [-0.15, -0.1) is 0 Å².